The third kappa shape index (κ3) is 3.71. The Morgan fingerprint density at radius 3 is 2.87 bits per heavy atom. The quantitative estimate of drug-likeness (QED) is 0.643. The summed E-state index contributed by atoms with van der Waals surface area (Å²) in [6.07, 6.45) is 1.13. The van der Waals surface area contributed by atoms with Crippen molar-refractivity contribution >= 4 is 17.8 Å². The first-order valence-electron chi connectivity index (χ1n) is 7.38. The molecule has 23 heavy (non-hydrogen) atoms. The molecule has 0 aliphatic carbocycles. The summed E-state index contributed by atoms with van der Waals surface area (Å²) in [4.78, 5) is 34.1. The van der Waals surface area contributed by atoms with Crippen molar-refractivity contribution in [3.05, 3.63) is 23.8 Å². The lowest BCUT2D eigenvalue weighted by atomic mass is 10.1. The monoisotopic (exact) mass is 319 g/mol. The number of ether oxygens (including phenoxy) is 2. The number of hydrogen-bond acceptors (Lipinski definition) is 5. The van der Waals surface area contributed by atoms with Crippen molar-refractivity contribution in [1.82, 2.24) is 16.0 Å². The summed E-state index contributed by atoms with van der Waals surface area (Å²) in [7, 11) is 0. The number of urea groups is 1. The van der Waals surface area contributed by atoms with E-state index in [0.717, 1.165) is 17.1 Å². The third-order valence-corrected chi connectivity index (χ3v) is 3.69. The first-order valence-corrected chi connectivity index (χ1v) is 7.38. The number of amides is 4. The van der Waals surface area contributed by atoms with Crippen LogP contribution in [0.4, 0.5) is 4.79 Å². The van der Waals surface area contributed by atoms with Gasteiger partial charge in [0.05, 0.1) is 0 Å². The molecular formula is C15H17N3O5. The second kappa shape index (κ2) is 6.55. The third-order valence-electron chi connectivity index (χ3n) is 3.69. The maximum Gasteiger partial charge on any atom is 0.322 e. The van der Waals surface area contributed by atoms with E-state index in [0.29, 0.717) is 13.0 Å². The number of carbonyl (C=O) groups is 3. The molecule has 2 aliphatic rings. The first-order chi connectivity index (χ1) is 11.1. The Labute approximate surface area is 132 Å². The van der Waals surface area contributed by atoms with E-state index in [2.05, 4.69) is 16.0 Å². The molecule has 2 heterocycles. The molecule has 1 fully saturated rings. The Kier molecular flexibility index (Phi) is 4.31. The maximum atomic E-state index is 11.8. The minimum Gasteiger partial charge on any atom is -0.454 e. The van der Waals surface area contributed by atoms with E-state index < -0.39 is 12.1 Å². The lowest BCUT2D eigenvalue weighted by Gasteiger charge is -2.08. The van der Waals surface area contributed by atoms with Crippen LogP contribution in [-0.2, 0) is 16.0 Å². The largest absolute Gasteiger partial charge is 0.454 e. The summed E-state index contributed by atoms with van der Waals surface area (Å²) < 4.78 is 10.5. The minimum atomic E-state index is -0.623. The number of carbonyl (C=O) groups excluding carboxylic acids is 3. The van der Waals surface area contributed by atoms with Crippen LogP contribution in [0.5, 0.6) is 11.5 Å². The summed E-state index contributed by atoms with van der Waals surface area (Å²) >= 11 is 0. The molecule has 1 atom stereocenters. The van der Waals surface area contributed by atoms with E-state index in [-0.39, 0.29) is 31.4 Å². The Morgan fingerprint density at radius 2 is 2.09 bits per heavy atom. The van der Waals surface area contributed by atoms with E-state index in [1.54, 1.807) is 0 Å². The lowest BCUT2D eigenvalue weighted by molar-refractivity contribution is -0.122. The molecule has 1 aromatic carbocycles. The van der Waals surface area contributed by atoms with Gasteiger partial charge in [-0.15, -0.1) is 0 Å². The zero-order valence-electron chi connectivity index (χ0n) is 12.4. The van der Waals surface area contributed by atoms with Gasteiger partial charge in [-0.1, -0.05) is 6.07 Å². The van der Waals surface area contributed by atoms with Crippen molar-refractivity contribution in [2.75, 3.05) is 13.3 Å². The fourth-order valence-electron chi connectivity index (χ4n) is 2.47. The van der Waals surface area contributed by atoms with Gasteiger partial charge >= 0.3 is 6.03 Å². The van der Waals surface area contributed by atoms with Crippen molar-refractivity contribution in [3.8, 4) is 11.5 Å². The highest BCUT2D eigenvalue weighted by molar-refractivity contribution is 6.04. The van der Waals surface area contributed by atoms with Crippen molar-refractivity contribution in [2.45, 2.75) is 25.3 Å². The van der Waals surface area contributed by atoms with Crippen LogP contribution >= 0.6 is 0 Å². The van der Waals surface area contributed by atoms with Crippen LogP contribution in [0.15, 0.2) is 18.2 Å². The van der Waals surface area contributed by atoms with E-state index in [1.165, 1.54) is 0 Å². The smallest absolute Gasteiger partial charge is 0.322 e. The minimum absolute atomic E-state index is 0.153. The second-order valence-electron chi connectivity index (χ2n) is 5.34. The second-order valence-corrected chi connectivity index (χ2v) is 5.34. The molecule has 3 rings (SSSR count). The molecule has 4 amide bonds. The van der Waals surface area contributed by atoms with E-state index in [4.69, 9.17) is 9.47 Å². The van der Waals surface area contributed by atoms with Gasteiger partial charge in [-0.25, -0.2) is 4.79 Å². The highest BCUT2D eigenvalue weighted by Gasteiger charge is 2.29. The number of nitrogens with one attached hydrogen (secondary N) is 3. The van der Waals surface area contributed by atoms with Crippen molar-refractivity contribution in [3.63, 3.8) is 0 Å². The van der Waals surface area contributed by atoms with Crippen LogP contribution in [0.2, 0.25) is 0 Å². The molecule has 0 saturated carbocycles. The summed E-state index contributed by atoms with van der Waals surface area (Å²) in [5, 5.41) is 7.39. The Hall–Kier alpha value is -2.77. The van der Waals surface area contributed by atoms with Crippen LogP contribution in [0, 0.1) is 0 Å². The number of benzene rings is 1. The standard InChI is InChI=1S/C15H17N3O5/c19-13(4-2-10-14(20)18-15(21)17-10)16-6-5-9-1-3-11-12(7-9)23-8-22-11/h1,3,7,10H,2,4-6,8H2,(H,16,19)(H2,17,18,20,21)/t10-/m0/s1. The molecule has 1 saturated heterocycles. The van der Waals surface area contributed by atoms with Gasteiger partial charge in [-0.3, -0.25) is 14.9 Å². The highest BCUT2D eigenvalue weighted by Crippen LogP contribution is 2.32. The molecule has 0 unspecified atom stereocenters. The highest BCUT2D eigenvalue weighted by atomic mass is 16.7. The lowest BCUT2D eigenvalue weighted by Crippen LogP contribution is -2.32. The van der Waals surface area contributed by atoms with E-state index in [1.807, 2.05) is 18.2 Å². The molecule has 8 nitrogen and oxygen atoms in total. The van der Waals surface area contributed by atoms with Gasteiger partial charge in [-0.2, -0.15) is 0 Å². The van der Waals surface area contributed by atoms with Gasteiger partial charge in [0.15, 0.2) is 11.5 Å². The topological polar surface area (TPSA) is 106 Å². The number of fused-ring (bicyclic) bond motifs is 1. The molecule has 8 heteroatoms. The average molecular weight is 319 g/mol. The van der Waals surface area contributed by atoms with Gasteiger partial charge in [0.25, 0.3) is 5.91 Å². The summed E-state index contributed by atoms with van der Waals surface area (Å²) in [5.41, 5.74) is 1.04. The van der Waals surface area contributed by atoms with Gasteiger partial charge in [0.1, 0.15) is 6.04 Å². The molecule has 0 bridgehead atoms. The van der Waals surface area contributed by atoms with Crippen LogP contribution in [0.25, 0.3) is 0 Å². The Bertz CT molecular complexity index is 646. The van der Waals surface area contributed by atoms with Crippen molar-refractivity contribution < 1.29 is 23.9 Å². The average Bonchev–Trinajstić information content (AvgIpc) is 3.10. The predicted molar refractivity (Wildman–Crippen MR) is 79.0 cm³/mol. The fourth-order valence-corrected chi connectivity index (χ4v) is 2.47. The zero-order valence-corrected chi connectivity index (χ0v) is 12.4. The molecule has 1 aromatic rings. The Morgan fingerprint density at radius 1 is 1.26 bits per heavy atom. The zero-order chi connectivity index (χ0) is 16.2. The Balaban J connectivity index is 1.38. The van der Waals surface area contributed by atoms with Gasteiger partial charge in [0.2, 0.25) is 12.7 Å². The molecule has 0 aromatic heterocycles. The van der Waals surface area contributed by atoms with Crippen LogP contribution in [-0.4, -0.2) is 37.2 Å². The van der Waals surface area contributed by atoms with Crippen LogP contribution < -0.4 is 25.4 Å². The van der Waals surface area contributed by atoms with Gasteiger partial charge in [0, 0.05) is 13.0 Å². The maximum absolute atomic E-state index is 11.8. The first kappa shape index (κ1) is 15.1. The fraction of sp³-hybridized carbons (Fsp3) is 0.400. The molecule has 0 spiro atoms. The molecular weight excluding hydrogens is 302 g/mol. The van der Waals surface area contributed by atoms with Crippen molar-refractivity contribution in [1.29, 1.82) is 0 Å². The molecule has 3 N–H and O–H groups in total. The summed E-state index contributed by atoms with van der Waals surface area (Å²) in [6.45, 7) is 0.725. The van der Waals surface area contributed by atoms with Crippen LogP contribution in [0.1, 0.15) is 18.4 Å². The van der Waals surface area contributed by atoms with E-state index in [9.17, 15) is 14.4 Å². The molecule has 0 radical (unpaired) electrons. The van der Waals surface area contributed by atoms with Gasteiger partial charge in [-0.05, 0) is 30.5 Å². The SMILES string of the molecule is O=C(CC[C@@H]1NC(=O)NC1=O)NCCc1ccc2c(c1)OCO2. The molecule has 2 aliphatic heterocycles. The van der Waals surface area contributed by atoms with Crippen molar-refractivity contribution in [2.24, 2.45) is 0 Å². The van der Waals surface area contributed by atoms with E-state index >= 15 is 0 Å². The normalized spacial score (nSPS) is 18.5. The summed E-state index contributed by atoms with van der Waals surface area (Å²) in [6, 6.07) is 4.54. The number of hydrogen-bond donors (Lipinski definition) is 3. The summed E-state index contributed by atoms with van der Waals surface area (Å²) in [5.74, 6) is 0.911. The number of rotatable bonds is 6. The van der Waals surface area contributed by atoms with Gasteiger partial charge < -0.3 is 20.1 Å². The van der Waals surface area contributed by atoms with Crippen LogP contribution in [0.3, 0.4) is 0 Å². The molecule has 122 valence electrons. The number of imide groups is 1. The predicted octanol–water partition coefficient (Wildman–Crippen LogP) is 0.0622.